The highest BCUT2D eigenvalue weighted by Gasteiger charge is 2.20. The summed E-state index contributed by atoms with van der Waals surface area (Å²) in [7, 11) is 0. The van der Waals surface area contributed by atoms with Gasteiger partial charge in [0.05, 0.1) is 6.10 Å². The molecule has 1 saturated carbocycles. The van der Waals surface area contributed by atoms with Crippen molar-refractivity contribution >= 4 is 0 Å². The second-order valence-corrected chi connectivity index (χ2v) is 7.16. The van der Waals surface area contributed by atoms with Gasteiger partial charge >= 0.3 is 0 Å². The molecule has 3 atom stereocenters. The lowest BCUT2D eigenvalue weighted by atomic mass is 9.87. The van der Waals surface area contributed by atoms with Crippen LogP contribution in [0.5, 0.6) is 0 Å². The fraction of sp³-hybridized carbons (Fsp3) is 0.684. The third-order valence-electron chi connectivity index (χ3n) is 4.59. The van der Waals surface area contributed by atoms with Gasteiger partial charge in [-0.15, -0.1) is 0 Å². The molecule has 1 aliphatic carbocycles. The van der Waals surface area contributed by atoms with Crippen molar-refractivity contribution < 1.29 is 5.11 Å². The Morgan fingerprint density at radius 3 is 2.48 bits per heavy atom. The molecule has 1 aliphatic rings. The fourth-order valence-electron chi connectivity index (χ4n) is 3.32. The number of rotatable bonds is 6. The Hall–Kier alpha value is -0.860. The molecule has 0 radical (unpaired) electrons. The first-order chi connectivity index (χ1) is 10.0. The predicted octanol–water partition coefficient (Wildman–Crippen LogP) is 4.09. The largest absolute Gasteiger partial charge is 0.393 e. The average Bonchev–Trinajstić information content (AvgIpc) is 2.45. The summed E-state index contributed by atoms with van der Waals surface area (Å²) >= 11 is 0. The summed E-state index contributed by atoms with van der Waals surface area (Å²) in [6.45, 7) is 7.77. The smallest absolute Gasteiger partial charge is 0.0543 e. The van der Waals surface area contributed by atoms with E-state index in [2.05, 4.69) is 50.4 Å². The van der Waals surface area contributed by atoms with Crippen LogP contribution in [0.3, 0.4) is 0 Å². The number of aliphatic hydroxyl groups is 1. The molecule has 3 unspecified atom stereocenters. The molecule has 2 heteroatoms. The van der Waals surface area contributed by atoms with E-state index in [9.17, 15) is 5.11 Å². The van der Waals surface area contributed by atoms with E-state index in [1.807, 2.05) is 0 Å². The summed E-state index contributed by atoms with van der Waals surface area (Å²) in [5.41, 5.74) is 2.79. The fourth-order valence-corrected chi connectivity index (χ4v) is 3.32. The normalized spacial score (nSPS) is 24.2. The highest BCUT2D eigenvalue weighted by Crippen LogP contribution is 2.24. The van der Waals surface area contributed by atoms with Crippen molar-refractivity contribution in [2.45, 2.75) is 65.0 Å². The Morgan fingerprint density at radius 1 is 1.14 bits per heavy atom. The number of benzene rings is 1. The van der Waals surface area contributed by atoms with Crippen LogP contribution in [0.2, 0.25) is 0 Å². The lowest BCUT2D eigenvalue weighted by molar-refractivity contribution is 0.0998. The molecule has 2 N–H and O–H groups in total. The molecule has 0 aliphatic heterocycles. The lowest BCUT2D eigenvalue weighted by Gasteiger charge is -2.27. The first-order valence-electron chi connectivity index (χ1n) is 8.55. The van der Waals surface area contributed by atoms with E-state index in [0.717, 1.165) is 25.8 Å². The summed E-state index contributed by atoms with van der Waals surface area (Å²) in [6.07, 6.45) is 5.46. The highest BCUT2D eigenvalue weighted by atomic mass is 16.3. The first-order valence-corrected chi connectivity index (χ1v) is 8.55. The van der Waals surface area contributed by atoms with Crippen molar-refractivity contribution in [1.82, 2.24) is 5.32 Å². The Kier molecular flexibility index (Phi) is 6.25. The van der Waals surface area contributed by atoms with Crippen LogP contribution >= 0.6 is 0 Å². The van der Waals surface area contributed by atoms with Crippen LogP contribution in [0.4, 0.5) is 0 Å². The van der Waals surface area contributed by atoms with Crippen molar-refractivity contribution in [3.63, 3.8) is 0 Å². The van der Waals surface area contributed by atoms with Gasteiger partial charge in [0.1, 0.15) is 0 Å². The molecule has 0 spiro atoms. The van der Waals surface area contributed by atoms with Crippen LogP contribution in [0.25, 0.3) is 0 Å². The van der Waals surface area contributed by atoms with Gasteiger partial charge in [0.15, 0.2) is 0 Å². The quantitative estimate of drug-likeness (QED) is 0.827. The Balaban J connectivity index is 1.81. The van der Waals surface area contributed by atoms with Gasteiger partial charge in [-0.1, -0.05) is 44.5 Å². The van der Waals surface area contributed by atoms with E-state index in [1.54, 1.807) is 0 Å². The van der Waals surface area contributed by atoms with Crippen molar-refractivity contribution in [3.8, 4) is 0 Å². The van der Waals surface area contributed by atoms with Gasteiger partial charge in [-0.3, -0.25) is 0 Å². The topological polar surface area (TPSA) is 32.3 Å². The maximum Gasteiger partial charge on any atom is 0.0543 e. The lowest BCUT2D eigenvalue weighted by Crippen LogP contribution is -2.30. The SMILES string of the molecule is CC(C)Cc1ccc(C(C)NCC2CCCC(O)C2)cc1. The van der Waals surface area contributed by atoms with Crippen LogP contribution in [0.15, 0.2) is 24.3 Å². The molecule has 0 saturated heterocycles. The van der Waals surface area contributed by atoms with Gasteiger partial charge in [0.25, 0.3) is 0 Å². The van der Waals surface area contributed by atoms with Crippen molar-refractivity contribution in [1.29, 1.82) is 0 Å². The Labute approximate surface area is 130 Å². The highest BCUT2D eigenvalue weighted by molar-refractivity contribution is 5.25. The second-order valence-electron chi connectivity index (χ2n) is 7.16. The Bertz CT molecular complexity index is 412. The molecule has 2 rings (SSSR count). The number of hydrogen-bond donors (Lipinski definition) is 2. The van der Waals surface area contributed by atoms with Gasteiger partial charge in [-0.05, 0) is 62.1 Å². The minimum Gasteiger partial charge on any atom is -0.393 e. The summed E-state index contributed by atoms with van der Waals surface area (Å²) in [6, 6.07) is 9.42. The van der Waals surface area contributed by atoms with Gasteiger partial charge in [0, 0.05) is 6.04 Å². The third kappa shape index (κ3) is 5.44. The van der Waals surface area contributed by atoms with Gasteiger partial charge < -0.3 is 10.4 Å². The molecule has 21 heavy (non-hydrogen) atoms. The molecule has 1 fully saturated rings. The van der Waals surface area contributed by atoms with E-state index in [-0.39, 0.29) is 6.10 Å². The van der Waals surface area contributed by atoms with Crippen molar-refractivity contribution in [3.05, 3.63) is 35.4 Å². The summed E-state index contributed by atoms with van der Waals surface area (Å²) in [4.78, 5) is 0. The minimum atomic E-state index is -0.0730. The van der Waals surface area contributed by atoms with Crippen LogP contribution in [-0.4, -0.2) is 17.8 Å². The van der Waals surface area contributed by atoms with Gasteiger partial charge in [-0.2, -0.15) is 0 Å². The molecular formula is C19H31NO. The molecule has 0 bridgehead atoms. The van der Waals surface area contributed by atoms with E-state index in [0.29, 0.717) is 17.9 Å². The molecular weight excluding hydrogens is 258 g/mol. The maximum atomic E-state index is 9.74. The zero-order chi connectivity index (χ0) is 15.2. The summed E-state index contributed by atoms with van der Waals surface area (Å²) < 4.78 is 0. The summed E-state index contributed by atoms with van der Waals surface area (Å²) in [5, 5.41) is 13.4. The van der Waals surface area contributed by atoms with Crippen LogP contribution in [0.1, 0.15) is 63.6 Å². The monoisotopic (exact) mass is 289 g/mol. The van der Waals surface area contributed by atoms with Gasteiger partial charge in [-0.25, -0.2) is 0 Å². The standard InChI is InChI=1S/C19H31NO/c1-14(2)11-16-7-9-18(10-8-16)15(3)20-13-17-5-4-6-19(21)12-17/h7-10,14-15,17,19-21H,4-6,11-13H2,1-3H3. The molecule has 118 valence electrons. The molecule has 0 heterocycles. The molecule has 0 aromatic heterocycles. The zero-order valence-corrected chi connectivity index (χ0v) is 13.8. The van der Waals surface area contributed by atoms with Crippen molar-refractivity contribution in [2.24, 2.45) is 11.8 Å². The number of aliphatic hydroxyl groups excluding tert-OH is 1. The summed E-state index contributed by atoms with van der Waals surface area (Å²) in [5.74, 6) is 1.35. The van der Waals surface area contributed by atoms with Crippen molar-refractivity contribution in [2.75, 3.05) is 6.54 Å². The average molecular weight is 289 g/mol. The minimum absolute atomic E-state index is 0.0730. The van der Waals surface area contributed by atoms with Crippen LogP contribution in [-0.2, 0) is 6.42 Å². The molecule has 2 nitrogen and oxygen atoms in total. The first kappa shape index (κ1) is 16.5. The molecule has 1 aromatic carbocycles. The number of nitrogens with one attached hydrogen (secondary N) is 1. The van der Waals surface area contributed by atoms with E-state index in [4.69, 9.17) is 0 Å². The maximum absolute atomic E-state index is 9.74. The predicted molar refractivity (Wildman–Crippen MR) is 89.4 cm³/mol. The Morgan fingerprint density at radius 2 is 1.86 bits per heavy atom. The van der Waals surface area contributed by atoms with E-state index < -0.39 is 0 Å². The second kappa shape index (κ2) is 7.95. The van der Waals surface area contributed by atoms with E-state index >= 15 is 0 Å². The molecule has 1 aromatic rings. The van der Waals surface area contributed by atoms with Gasteiger partial charge in [0.2, 0.25) is 0 Å². The number of hydrogen-bond acceptors (Lipinski definition) is 2. The molecule has 0 amide bonds. The third-order valence-corrected chi connectivity index (χ3v) is 4.59. The van der Waals surface area contributed by atoms with Crippen LogP contribution < -0.4 is 5.32 Å². The zero-order valence-electron chi connectivity index (χ0n) is 13.8. The van der Waals surface area contributed by atoms with E-state index in [1.165, 1.54) is 24.0 Å². The van der Waals surface area contributed by atoms with Crippen LogP contribution in [0, 0.1) is 11.8 Å².